The van der Waals surface area contributed by atoms with Crippen LogP contribution >= 0.6 is 0 Å². The molecule has 0 saturated heterocycles. The number of aliphatic imine (C=N–C) groups is 1. The Kier molecular flexibility index (Phi) is 5.42. The van der Waals surface area contributed by atoms with Gasteiger partial charge in [0.1, 0.15) is 5.76 Å². The maximum atomic E-state index is 5.48. The molecule has 5 nitrogen and oxygen atoms in total. The molecule has 0 fully saturated rings. The molecule has 0 radical (unpaired) electrons. The first kappa shape index (κ1) is 15.6. The normalized spacial score (nSPS) is 14.6. The average molecular weight is 266 g/mol. The van der Waals surface area contributed by atoms with Gasteiger partial charge in [-0.2, -0.15) is 0 Å². The van der Waals surface area contributed by atoms with E-state index < -0.39 is 0 Å². The molecule has 1 atom stereocenters. The molecule has 19 heavy (non-hydrogen) atoms. The molecule has 1 heterocycles. The van der Waals surface area contributed by atoms with Crippen LogP contribution in [0.2, 0.25) is 0 Å². The van der Waals surface area contributed by atoms with Gasteiger partial charge in [-0.25, -0.2) is 0 Å². The van der Waals surface area contributed by atoms with Gasteiger partial charge >= 0.3 is 0 Å². The zero-order valence-corrected chi connectivity index (χ0v) is 12.8. The Bertz CT molecular complexity index is 390. The predicted octanol–water partition coefficient (Wildman–Crippen LogP) is 1.85. The van der Waals surface area contributed by atoms with Gasteiger partial charge in [0.05, 0.1) is 12.3 Å². The third-order valence-corrected chi connectivity index (χ3v) is 2.67. The summed E-state index contributed by atoms with van der Waals surface area (Å²) < 4.78 is 5.48. The van der Waals surface area contributed by atoms with Crippen molar-refractivity contribution in [3.8, 4) is 0 Å². The Morgan fingerprint density at radius 2 is 2.11 bits per heavy atom. The van der Waals surface area contributed by atoms with Gasteiger partial charge in [-0.1, -0.05) is 0 Å². The summed E-state index contributed by atoms with van der Waals surface area (Å²) in [7, 11) is 5.85. The van der Waals surface area contributed by atoms with Gasteiger partial charge in [0.15, 0.2) is 5.96 Å². The molecule has 0 amide bonds. The van der Waals surface area contributed by atoms with Gasteiger partial charge in [-0.3, -0.25) is 9.89 Å². The molecule has 0 bridgehead atoms. The summed E-state index contributed by atoms with van der Waals surface area (Å²) >= 11 is 0. The highest BCUT2D eigenvalue weighted by Crippen LogP contribution is 2.17. The molecule has 1 aromatic heterocycles. The summed E-state index contributed by atoms with van der Waals surface area (Å²) in [6, 6.07) is 4.08. The van der Waals surface area contributed by atoms with Crippen molar-refractivity contribution in [3.63, 3.8) is 0 Å². The van der Waals surface area contributed by atoms with Crippen LogP contribution in [0.25, 0.3) is 0 Å². The van der Waals surface area contributed by atoms with E-state index in [1.54, 1.807) is 13.3 Å². The molecule has 0 spiro atoms. The highest BCUT2D eigenvalue weighted by atomic mass is 16.3. The quantitative estimate of drug-likeness (QED) is 0.645. The van der Waals surface area contributed by atoms with E-state index in [1.165, 1.54) is 0 Å². The van der Waals surface area contributed by atoms with Crippen LogP contribution in [-0.2, 0) is 0 Å². The summed E-state index contributed by atoms with van der Waals surface area (Å²) in [5.41, 5.74) is -0.0138. The SMILES string of the molecule is CN=C(NCC(c1ccco1)N(C)C)NC(C)(C)C. The number of guanidine groups is 1. The molecular formula is C14H26N4O. The van der Waals surface area contributed by atoms with Crippen molar-refractivity contribution in [2.75, 3.05) is 27.7 Å². The molecule has 1 unspecified atom stereocenters. The van der Waals surface area contributed by atoms with Crippen molar-refractivity contribution in [1.29, 1.82) is 0 Å². The fourth-order valence-corrected chi connectivity index (χ4v) is 1.75. The second-order valence-electron chi connectivity index (χ2n) is 5.82. The maximum absolute atomic E-state index is 5.48. The summed E-state index contributed by atoms with van der Waals surface area (Å²) in [5.74, 6) is 1.75. The Morgan fingerprint density at radius 1 is 1.42 bits per heavy atom. The first-order valence-electron chi connectivity index (χ1n) is 6.52. The number of nitrogens with one attached hydrogen (secondary N) is 2. The molecule has 0 aliphatic heterocycles. The van der Waals surface area contributed by atoms with Gasteiger partial charge in [0.2, 0.25) is 0 Å². The fraction of sp³-hybridized carbons (Fsp3) is 0.643. The topological polar surface area (TPSA) is 52.8 Å². The molecule has 0 saturated carbocycles. The zero-order valence-electron chi connectivity index (χ0n) is 12.8. The van der Waals surface area contributed by atoms with Crippen molar-refractivity contribution in [2.24, 2.45) is 4.99 Å². The van der Waals surface area contributed by atoms with E-state index in [2.05, 4.69) is 41.3 Å². The van der Waals surface area contributed by atoms with Crippen LogP contribution in [0.3, 0.4) is 0 Å². The van der Waals surface area contributed by atoms with Crippen LogP contribution < -0.4 is 10.6 Å². The van der Waals surface area contributed by atoms with Gasteiger partial charge in [-0.15, -0.1) is 0 Å². The molecule has 1 rings (SSSR count). The lowest BCUT2D eigenvalue weighted by atomic mass is 10.1. The molecule has 0 aromatic carbocycles. The third-order valence-electron chi connectivity index (χ3n) is 2.67. The first-order chi connectivity index (χ1) is 8.83. The fourth-order valence-electron chi connectivity index (χ4n) is 1.75. The van der Waals surface area contributed by atoms with Crippen LogP contribution in [0, 0.1) is 0 Å². The second kappa shape index (κ2) is 6.61. The van der Waals surface area contributed by atoms with Gasteiger partial charge < -0.3 is 15.1 Å². The number of nitrogens with zero attached hydrogens (tertiary/aromatic N) is 2. The number of furan rings is 1. The molecule has 0 aliphatic rings. The lowest BCUT2D eigenvalue weighted by molar-refractivity contribution is 0.257. The Hall–Kier alpha value is -1.49. The smallest absolute Gasteiger partial charge is 0.191 e. The van der Waals surface area contributed by atoms with Crippen molar-refractivity contribution < 1.29 is 4.42 Å². The van der Waals surface area contributed by atoms with Crippen molar-refractivity contribution in [1.82, 2.24) is 15.5 Å². The standard InChI is InChI=1S/C14H26N4O/c1-14(2,3)17-13(15-4)16-10-11(18(5)6)12-8-7-9-19-12/h7-9,11H,10H2,1-6H3,(H2,15,16,17). The maximum Gasteiger partial charge on any atom is 0.191 e. The van der Waals surface area contributed by atoms with Crippen molar-refractivity contribution in [3.05, 3.63) is 24.2 Å². The first-order valence-corrected chi connectivity index (χ1v) is 6.52. The lowest BCUT2D eigenvalue weighted by Gasteiger charge is -2.27. The number of likely N-dealkylation sites (N-methyl/N-ethyl adjacent to an activating group) is 1. The summed E-state index contributed by atoms with van der Waals surface area (Å²) in [6.45, 7) is 7.05. The van der Waals surface area contributed by atoms with Crippen molar-refractivity contribution >= 4 is 5.96 Å². The van der Waals surface area contributed by atoms with E-state index >= 15 is 0 Å². The third kappa shape index (κ3) is 5.34. The van der Waals surface area contributed by atoms with E-state index in [0.717, 1.165) is 18.3 Å². The molecule has 108 valence electrons. The molecule has 2 N–H and O–H groups in total. The molecule has 0 aliphatic carbocycles. The van der Waals surface area contributed by atoms with Crippen molar-refractivity contribution in [2.45, 2.75) is 32.4 Å². The van der Waals surface area contributed by atoms with Gasteiger partial charge in [0.25, 0.3) is 0 Å². The van der Waals surface area contributed by atoms with Crippen LogP contribution in [0.15, 0.2) is 27.8 Å². The summed E-state index contributed by atoms with van der Waals surface area (Å²) in [5, 5.41) is 6.67. The molecule has 1 aromatic rings. The number of rotatable bonds is 4. The monoisotopic (exact) mass is 266 g/mol. The van der Waals surface area contributed by atoms with Gasteiger partial charge in [0, 0.05) is 19.1 Å². The minimum Gasteiger partial charge on any atom is -0.468 e. The van der Waals surface area contributed by atoms with E-state index in [0.29, 0.717) is 0 Å². The summed E-state index contributed by atoms with van der Waals surface area (Å²) in [6.07, 6.45) is 1.70. The largest absolute Gasteiger partial charge is 0.468 e. The van der Waals surface area contributed by atoms with E-state index in [1.807, 2.05) is 26.2 Å². The Morgan fingerprint density at radius 3 is 2.53 bits per heavy atom. The average Bonchev–Trinajstić information content (AvgIpc) is 2.79. The van der Waals surface area contributed by atoms with E-state index in [9.17, 15) is 0 Å². The lowest BCUT2D eigenvalue weighted by Crippen LogP contribution is -2.49. The second-order valence-corrected chi connectivity index (χ2v) is 5.82. The highest BCUT2D eigenvalue weighted by molar-refractivity contribution is 5.80. The Balaban J connectivity index is 2.62. The van der Waals surface area contributed by atoms with Crippen LogP contribution in [0.4, 0.5) is 0 Å². The summed E-state index contributed by atoms with van der Waals surface area (Å²) in [4.78, 5) is 6.35. The minimum atomic E-state index is -0.0138. The number of hydrogen-bond donors (Lipinski definition) is 2. The van der Waals surface area contributed by atoms with Crippen LogP contribution in [0.1, 0.15) is 32.6 Å². The Labute approximate surface area is 116 Å². The van der Waals surface area contributed by atoms with Gasteiger partial charge in [-0.05, 0) is 47.0 Å². The molecular weight excluding hydrogens is 240 g/mol. The van der Waals surface area contributed by atoms with Crippen LogP contribution in [-0.4, -0.2) is 44.1 Å². The van der Waals surface area contributed by atoms with E-state index in [-0.39, 0.29) is 11.6 Å². The van der Waals surface area contributed by atoms with Crippen LogP contribution in [0.5, 0.6) is 0 Å². The number of hydrogen-bond acceptors (Lipinski definition) is 3. The molecule has 5 heteroatoms. The minimum absolute atomic E-state index is 0.0138. The predicted molar refractivity (Wildman–Crippen MR) is 79.4 cm³/mol. The zero-order chi connectivity index (χ0) is 14.5. The van der Waals surface area contributed by atoms with E-state index in [4.69, 9.17) is 4.42 Å². The highest BCUT2D eigenvalue weighted by Gasteiger charge is 2.18.